The average Bonchev–Trinajstić information content (AvgIpc) is 2.51. The van der Waals surface area contributed by atoms with Crippen molar-refractivity contribution in [3.63, 3.8) is 0 Å². The van der Waals surface area contributed by atoms with Gasteiger partial charge in [-0.15, -0.1) is 0 Å². The van der Waals surface area contributed by atoms with Gasteiger partial charge in [-0.1, -0.05) is 41.9 Å². The molecule has 2 aromatic rings. The van der Waals surface area contributed by atoms with E-state index >= 15 is 0 Å². The van der Waals surface area contributed by atoms with Crippen LogP contribution in [-0.2, 0) is 6.42 Å². The smallest absolute Gasteiger partial charge is 0.122 e. The van der Waals surface area contributed by atoms with Gasteiger partial charge in [-0.2, -0.15) is 0 Å². The third kappa shape index (κ3) is 2.92. The molecule has 0 amide bonds. The summed E-state index contributed by atoms with van der Waals surface area (Å²) in [6.07, 6.45) is 1.02. The van der Waals surface area contributed by atoms with Crippen LogP contribution in [0.25, 0.3) is 0 Å². The van der Waals surface area contributed by atoms with Crippen LogP contribution in [0.5, 0.6) is 5.75 Å². The van der Waals surface area contributed by atoms with Crippen molar-refractivity contribution in [3.8, 4) is 5.75 Å². The van der Waals surface area contributed by atoms with Crippen molar-refractivity contribution in [3.05, 3.63) is 64.2 Å². The molecule has 21 heavy (non-hydrogen) atoms. The Morgan fingerprint density at radius 1 is 1.24 bits per heavy atom. The van der Waals surface area contributed by atoms with Crippen LogP contribution in [0.3, 0.4) is 0 Å². The van der Waals surface area contributed by atoms with Gasteiger partial charge in [-0.05, 0) is 49.2 Å². The minimum absolute atomic E-state index is 0.247. The van der Waals surface area contributed by atoms with Crippen LogP contribution in [0.15, 0.2) is 42.5 Å². The molecule has 0 saturated carbocycles. The second-order valence-electron chi connectivity index (χ2n) is 5.66. The maximum atomic E-state index is 6.28. The maximum Gasteiger partial charge on any atom is 0.122 e. The molecule has 1 heterocycles. The molecule has 0 bridgehead atoms. The van der Waals surface area contributed by atoms with Gasteiger partial charge >= 0.3 is 0 Å². The molecule has 1 N–H and O–H groups in total. The summed E-state index contributed by atoms with van der Waals surface area (Å²) < 4.78 is 5.92. The molecule has 110 valence electrons. The van der Waals surface area contributed by atoms with E-state index < -0.39 is 0 Å². The van der Waals surface area contributed by atoms with Crippen LogP contribution >= 0.6 is 11.6 Å². The van der Waals surface area contributed by atoms with Crippen LogP contribution in [0, 0.1) is 12.8 Å². The summed E-state index contributed by atoms with van der Waals surface area (Å²) in [6, 6.07) is 14.8. The van der Waals surface area contributed by atoms with Crippen molar-refractivity contribution < 1.29 is 4.74 Å². The van der Waals surface area contributed by atoms with Gasteiger partial charge in [0, 0.05) is 17.0 Å². The first kappa shape index (κ1) is 14.4. The number of rotatable bonds is 3. The topological polar surface area (TPSA) is 21.3 Å². The molecule has 0 radical (unpaired) electrons. The summed E-state index contributed by atoms with van der Waals surface area (Å²) in [5.41, 5.74) is 3.62. The first-order valence-electron chi connectivity index (χ1n) is 7.33. The van der Waals surface area contributed by atoms with Crippen LogP contribution in [0.2, 0.25) is 5.02 Å². The zero-order valence-electron chi connectivity index (χ0n) is 12.4. The number of para-hydroxylation sites is 1. The van der Waals surface area contributed by atoms with Crippen LogP contribution in [0.4, 0.5) is 0 Å². The zero-order chi connectivity index (χ0) is 14.8. The molecular formula is C18H20ClNO. The van der Waals surface area contributed by atoms with Gasteiger partial charge < -0.3 is 10.1 Å². The Morgan fingerprint density at radius 2 is 2.05 bits per heavy atom. The van der Waals surface area contributed by atoms with E-state index in [1.807, 2.05) is 26.1 Å². The molecule has 3 heteroatoms. The van der Waals surface area contributed by atoms with Crippen molar-refractivity contribution in [2.45, 2.75) is 19.4 Å². The molecule has 2 unspecified atom stereocenters. The maximum absolute atomic E-state index is 6.28. The molecule has 0 aliphatic carbocycles. The third-order valence-electron chi connectivity index (χ3n) is 4.25. The molecule has 2 aromatic carbocycles. The predicted octanol–water partition coefficient (Wildman–Crippen LogP) is 4.16. The van der Waals surface area contributed by atoms with E-state index in [0.29, 0.717) is 5.92 Å². The minimum Gasteiger partial charge on any atom is -0.493 e. The molecule has 0 saturated heterocycles. The second kappa shape index (κ2) is 6.08. The first-order chi connectivity index (χ1) is 10.2. The molecule has 1 aliphatic heterocycles. The molecule has 2 atom stereocenters. The highest BCUT2D eigenvalue weighted by Crippen LogP contribution is 2.34. The molecular weight excluding hydrogens is 282 g/mol. The SMILES string of the molecule is CNC(c1ccc(C)c(Cl)c1)C1COc2ccccc2C1. The van der Waals surface area contributed by atoms with E-state index in [1.165, 1.54) is 11.1 Å². The van der Waals surface area contributed by atoms with Gasteiger partial charge in [0.1, 0.15) is 5.75 Å². The Labute approximate surface area is 131 Å². The lowest BCUT2D eigenvalue weighted by Gasteiger charge is -2.32. The van der Waals surface area contributed by atoms with Crippen molar-refractivity contribution in [1.29, 1.82) is 0 Å². The van der Waals surface area contributed by atoms with Crippen LogP contribution in [-0.4, -0.2) is 13.7 Å². The standard InChI is InChI=1S/C18H20ClNO/c1-12-7-8-14(10-16(12)19)18(20-2)15-9-13-5-3-4-6-17(13)21-11-15/h3-8,10,15,18,20H,9,11H2,1-2H3. The van der Waals surface area contributed by atoms with Gasteiger partial charge in [-0.3, -0.25) is 0 Å². The van der Waals surface area contributed by atoms with E-state index in [1.54, 1.807) is 0 Å². The Bertz CT molecular complexity index is 641. The summed E-state index contributed by atoms with van der Waals surface area (Å²) >= 11 is 6.28. The quantitative estimate of drug-likeness (QED) is 0.919. The van der Waals surface area contributed by atoms with E-state index in [-0.39, 0.29) is 6.04 Å². The Balaban J connectivity index is 1.86. The molecule has 0 aromatic heterocycles. The summed E-state index contributed by atoms with van der Waals surface area (Å²) in [5, 5.41) is 4.25. The molecule has 2 nitrogen and oxygen atoms in total. The predicted molar refractivity (Wildman–Crippen MR) is 87.1 cm³/mol. The summed E-state index contributed by atoms with van der Waals surface area (Å²) in [4.78, 5) is 0. The molecule has 3 rings (SSSR count). The highest BCUT2D eigenvalue weighted by atomic mass is 35.5. The van der Waals surface area contributed by atoms with Gasteiger partial charge in [0.15, 0.2) is 0 Å². The third-order valence-corrected chi connectivity index (χ3v) is 4.65. The number of hydrogen-bond acceptors (Lipinski definition) is 2. The minimum atomic E-state index is 0.247. The van der Waals surface area contributed by atoms with Crippen molar-refractivity contribution in [1.82, 2.24) is 5.32 Å². The van der Waals surface area contributed by atoms with Gasteiger partial charge in [0.25, 0.3) is 0 Å². The molecule has 0 fully saturated rings. The fourth-order valence-corrected chi connectivity index (χ4v) is 3.23. The van der Waals surface area contributed by atoms with Gasteiger partial charge in [0.05, 0.1) is 6.61 Å². The van der Waals surface area contributed by atoms with Gasteiger partial charge in [0.2, 0.25) is 0 Å². The first-order valence-corrected chi connectivity index (χ1v) is 7.71. The largest absolute Gasteiger partial charge is 0.493 e. The summed E-state index contributed by atoms with van der Waals surface area (Å²) in [6.45, 7) is 2.76. The lowest BCUT2D eigenvalue weighted by atomic mass is 9.86. The number of fused-ring (bicyclic) bond motifs is 1. The average molecular weight is 302 g/mol. The number of hydrogen-bond donors (Lipinski definition) is 1. The van der Waals surface area contributed by atoms with Crippen LogP contribution < -0.4 is 10.1 Å². The zero-order valence-corrected chi connectivity index (χ0v) is 13.2. The normalized spacial score (nSPS) is 18.7. The number of halogens is 1. The number of aryl methyl sites for hydroxylation is 1. The Morgan fingerprint density at radius 3 is 2.81 bits per heavy atom. The van der Waals surface area contributed by atoms with E-state index in [2.05, 4.69) is 35.6 Å². The Hall–Kier alpha value is -1.51. The highest BCUT2D eigenvalue weighted by molar-refractivity contribution is 6.31. The number of nitrogens with one attached hydrogen (secondary N) is 1. The van der Waals surface area contributed by atoms with Gasteiger partial charge in [-0.25, -0.2) is 0 Å². The van der Waals surface area contributed by atoms with Crippen molar-refractivity contribution in [2.75, 3.05) is 13.7 Å². The number of ether oxygens (including phenoxy) is 1. The monoisotopic (exact) mass is 301 g/mol. The van der Waals surface area contributed by atoms with E-state index in [9.17, 15) is 0 Å². The van der Waals surface area contributed by atoms with E-state index in [0.717, 1.165) is 29.4 Å². The molecule has 0 spiro atoms. The van der Waals surface area contributed by atoms with Crippen LogP contribution in [0.1, 0.15) is 22.7 Å². The fourth-order valence-electron chi connectivity index (χ4n) is 3.04. The summed E-state index contributed by atoms with van der Waals surface area (Å²) in [7, 11) is 2.00. The number of benzene rings is 2. The van der Waals surface area contributed by atoms with Crippen molar-refractivity contribution >= 4 is 11.6 Å². The Kier molecular flexibility index (Phi) is 4.18. The fraction of sp³-hybridized carbons (Fsp3) is 0.333. The lowest BCUT2D eigenvalue weighted by molar-refractivity contribution is 0.188. The summed E-state index contributed by atoms with van der Waals surface area (Å²) in [5.74, 6) is 1.43. The lowest BCUT2D eigenvalue weighted by Crippen LogP contribution is -2.33. The molecule has 1 aliphatic rings. The van der Waals surface area contributed by atoms with Crippen molar-refractivity contribution in [2.24, 2.45) is 5.92 Å². The second-order valence-corrected chi connectivity index (χ2v) is 6.07. The van der Waals surface area contributed by atoms with E-state index in [4.69, 9.17) is 16.3 Å². The highest BCUT2D eigenvalue weighted by Gasteiger charge is 2.27.